The minimum atomic E-state index is -0.828. The van der Waals surface area contributed by atoms with Gasteiger partial charge < -0.3 is 5.11 Å². The van der Waals surface area contributed by atoms with Crippen molar-refractivity contribution in [1.82, 2.24) is 14.3 Å². The molecule has 0 amide bonds. The Labute approximate surface area is 231 Å². The van der Waals surface area contributed by atoms with Crippen LogP contribution in [0, 0.1) is 6.92 Å². The van der Waals surface area contributed by atoms with Crippen molar-refractivity contribution in [3.8, 4) is 11.1 Å². The van der Waals surface area contributed by atoms with Crippen molar-refractivity contribution in [2.24, 2.45) is 0 Å². The van der Waals surface area contributed by atoms with Crippen molar-refractivity contribution in [2.45, 2.75) is 78.8 Å². The van der Waals surface area contributed by atoms with Gasteiger partial charge in [-0.2, -0.15) is 5.10 Å². The molecule has 39 heavy (non-hydrogen) atoms. The molecule has 0 unspecified atom stereocenters. The molecule has 6 nitrogen and oxygen atoms in total. The molecule has 0 aliphatic heterocycles. The van der Waals surface area contributed by atoms with Crippen LogP contribution < -0.4 is 5.69 Å². The standard InChI is InChI=1S/C33H39N3O3/c1-6-35-30(34-36(32(35)39)22-26-15-18-29(23(2)19-26)33(3,4)5)12-8-9-24-13-16-27(17-14-24)28-11-7-10-25(20-28)21-31(37)38/h7,10-11,13-20H,6,8-9,12,21-22H2,1-5H3,(H,37,38). The monoisotopic (exact) mass is 525 g/mol. The summed E-state index contributed by atoms with van der Waals surface area (Å²) >= 11 is 0. The Kier molecular flexibility index (Phi) is 8.54. The number of nitrogens with zero attached hydrogens (tertiary/aromatic N) is 3. The molecule has 1 aromatic heterocycles. The largest absolute Gasteiger partial charge is 0.481 e. The number of aliphatic carboxylic acids is 1. The summed E-state index contributed by atoms with van der Waals surface area (Å²) in [6, 6.07) is 22.5. The number of carboxylic acid groups (broad SMARTS) is 1. The lowest BCUT2D eigenvalue weighted by atomic mass is 9.83. The van der Waals surface area contributed by atoms with Gasteiger partial charge in [0.1, 0.15) is 5.82 Å². The number of hydrogen-bond acceptors (Lipinski definition) is 3. The Bertz CT molecular complexity index is 1500. The third-order valence-electron chi connectivity index (χ3n) is 7.18. The van der Waals surface area contributed by atoms with Crippen molar-refractivity contribution in [2.75, 3.05) is 0 Å². The summed E-state index contributed by atoms with van der Waals surface area (Å²) < 4.78 is 3.38. The minimum Gasteiger partial charge on any atom is -0.481 e. The number of benzene rings is 3. The zero-order valence-corrected chi connectivity index (χ0v) is 23.7. The Balaban J connectivity index is 1.40. The second kappa shape index (κ2) is 11.9. The summed E-state index contributed by atoms with van der Waals surface area (Å²) in [5.41, 5.74) is 7.77. The number of aromatic nitrogens is 3. The van der Waals surface area contributed by atoms with Crippen LogP contribution in [0.2, 0.25) is 0 Å². The van der Waals surface area contributed by atoms with Crippen LogP contribution >= 0.6 is 0 Å². The molecule has 0 saturated carbocycles. The highest BCUT2D eigenvalue weighted by Crippen LogP contribution is 2.26. The van der Waals surface area contributed by atoms with E-state index in [-0.39, 0.29) is 17.5 Å². The number of rotatable bonds is 10. The van der Waals surface area contributed by atoms with Crippen LogP contribution in [0.4, 0.5) is 0 Å². The zero-order chi connectivity index (χ0) is 28.2. The fourth-order valence-electron chi connectivity index (χ4n) is 5.28. The average Bonchev–Trinajstić information content (AvgIpc) is 3.17. The molecule has 6 heteroatoms. The first-order valence-electron chi connectivity index (χ1n) is 13.7. The van der Waals surface area contributed by atoms with E-state index in [4.69, 9.17) is 10.2 Å². The van der Waals surface area contributed by atoms with E-state index in [9.17, 15) is 9.59 Å². The predicted octanol–water partition coefficient (Wildman–Crippen LogP) is 6.19. The van der Waals surface area contributed by atoms with Gasteiger partial charge in [0.25, 0.3) is 0 Å². The molecule has 4 aromatic rings. The molecule has 0 atom stereocenters. The molecule has 0 bridgehead atoms. The number of carboxylic acids is 1. The Morgan fingerprint density at radius 2 is 1.62 bits per heavy atom. The van der Waals surface area contributed by atoms with Gasteiger partial charge in [-0.1, -0.05) is 87.5 Å². The fourth-order valence-corrected chi connectivity index (χ4v) is 5.28. The lowest BCUT2D eigenvalue weighted by molar-refractivity contribution is -0.136. The normalized spacial score (nSPS) is 11.6. The molecule has 0 spiro atoms. The van der Waals surface area contributed by atoms with Gasteiger partial charge >= 0.3 is 11.7 Å². The highest BCUT2D eigenvalue weighted by Gasteiger charge is 2.17. The SMILES string of the molecule is CCn1c(CCCc2ccc(-c3cccc(CC(=O)O)c3)cc2)nn(Cc2ccc(C(C)(C)C)c(C)c2)c1=O. The summed E-state index contributed by atoms with van der Waals surface area (Å²) in [6.07, 6.45) is 2.53. The van der Waals surface area contributed by atoms with Gasteiger partial charge in [-0.3, -0.25) is 9.36 Å². The molecule has 1 N–H and O–H groups in total. The molecule has 4 rings (SSSR count). The molecule has 0 aliphatic rings. The molecule has 0 saturated heterocycles. The first kappa shape index (κ1) is 28.1. The van der Waals surface area contributed by atoms with Crippen LogP contribution in [0.3, 0.4) is 0 Å². The molecule has 204 valence electrons. The molecule has 3 aromatic carbocycles. The lowest BCUT2D eigenvalue weighted by Crippen LogP contribution is -2.25. The molecular formula is C33H39N3O3. The van der Waals surface area contributed by atoms with Gasteiger partial charge in [0.15, 0.2) is 0 Å². The van der Waals surface area contributed by atoms with Crippen LogP contribution in [-0.4, -0.2) is 25.4 Å². The topological polar surface area (TPSA) is 77.1 Å². The Morgan fingerprint density at radius 1 is 0.897 bits per heavy atom. The number of carbonyl (C=O) groups is 1. The fraction of sp³-hybridized carbons (Fsp3) is 0.364. The predicted molar refractivity (Wildman–Crippen MR) is 156 cm³/mol. The van der Waals surface area contributed by atoms with Crippen LogP contribution in [-0.2, 0) is 42.6 Å². The molecule has 1 heterocycles. The van der Waals surface area contributed by atoms with Crippen molar-refractivity contribution in [3.63, 3.8) is 0 Å². The van der Waals surface area contributed by atoms with E-state index < -0.39 is 5.97 Å². The van der Waals surface area contributed by atoms with Crippen molar-refractivity contribution >= 4 is 5.97 Å². The van der Waals surface area contributed by atoms with E-state index in [1.165, 1.54) is 16.7 Å². The van der Waals surface area contributed by atoms with Gasteiger partial charge in [0.2, 0.25) is 0 Å². The number of aryl methyl sites for hydroxylation is 3. The smallest absolute Gasteiger partial charge is 0.346 e. The molecule has 0 aliphatic carbocycles. The van der Waals surface area contributed by atoms with E-state index in [0.717, 1.165) is 47.3 Å². The van der Waals surface area contributed by atoms with Crippen LogP contribution in [0.15, 0.2) is 71.5 Å². The average molecular weight is 526 g/mol. The lowest BCUT2D eigenvalue weighted by Gasteiger charge is -2.22. The van der Waals surface area contributed by atoms with E-state index in [2.05, 4.69) is 70.2 Å². The maximum absolute atomic E-state index is 13.1. The maximum atomic E-state index is 13.1. The molecular weight excluding hydrogens is 486 g/mol. The highest BCUT2D eigenvalue weighted by molar-refractivity contribution is 5.72. The number of hydrogen-bond donors (Lipinski definition) is 1. The van der Waals surface area contributed by atoms with Gasteiger partial charge in [-0.25, -0.2) is 9.48 Å². The minimum absolute atomic E-state index is 0.0215. The van der Waals surface area contributed by atoms with Crippen LogP contribution in [0.1, 0.15) is 67.8 Å². The molecule has 0 radical (unpaired) electrons. The summed E-state index contributed by atoms with van der Waals surface area (Å²) in [5, 5.41) is 13.8. The first-order chi connectivity index (χ1) is 18.5. The van der Waals surface area contributed by atoms with E-state index in [0.29, 0.717) is 13.1 Å². The second-order valence-electron chi connectivity index (χ2n) is 11.3. The molecule has 0 fully saturated rings. The van der Waals surface area contributed by atoms with Crippen molar-refractivity contribution in [1.29, 1.82) is 0 Å². The zero-order valence-electron chi connectivity index (χ0n) is 23.7. The van der Waals surface area contributed by atoms with Crippen molar-refractivity contribution in [3.05, 3.63) is 111 Å². The van der Waals surface area contributed by atoms with Crippen molar-refractivity contribution < 1.29 is 9.90 Å². The summed E-state index contributed by atoms with van der Waals surface area (Å²) in [7, 11) is 0. The Hall–Kier alpha value is -3.93. The van der Waals surface area contributed by atoms with Gasteiger partial charge in [0.05, 0.1) is 13.0 Å². The van der Waals surface area contributed by atoms with Gasteiger partial charge in [-0.15, -0.1) is 0 Å². The van der Waals surface area contributed by atoms with E-state index >= 15 is 0 Å². The van der Waals surface area contributed by atoms with Gasteiger partial charge in [-0.05, 0) is 71.0 Å². The van der Waals surface area contributed by atoms with E-state index in [1.54, 1.807) is 9.25 Å². The van der Waals surface area contributed by atoms with Gasteiger partial charge in [0, 0.05) is 13.0 Å². The quantitative estimate of drug-likeness (QED) is 0.268. The maximum Gasteiger partial charge on any atom is 0.346 e. The second-order valence-corrected chi connectivity index (χ2v) is 11.3. The van der Waals surface area contributed by atoms with Crippen LogP contribution in [0.5, 0.6) is 0 Å². The van der Waals surface area contributed by atoms with Crippen LogP contribution in [0.25, 0.3) is 11.1 Å². The Morgan fingerprint density at radius 3 is 2.26 bits per heavy atom. The third-order valence-corrected chi connectivity index (χ3v) is 7.18. The first-order valence-corrected chi connectivity index (χ1v) is 13.7. The summed E-state index contributed by atoms with van der Waals surface area (Å²) in [5.74, 6) is 0.00285. The summed E-state index contributed by atoms with van der Waals surface area (Å²) in [6.45, 7) is 11.8. The third kappa shape index (κ3) is 6.94. The highest BCUT2D eigenvalue weighted by atomic mass is 16.4. The summed E-state index contributed by atoms with van der Waals surface area (Å²) in [4.78, 5) is 24.1. The van der Waals surface area contributed by atoms with E-state index in [1.807, 2.05) is 31.2 Å².